The van der Waals surface area contributed by atoms with Crippen molar-refractivity contribution in [3.63, 3.8) is 0 Å². The lowest BCUT2D eigenvalue weighted by Gasteiger charge is -2.31. The quantitative estimate of drug-likeness (QED) is 0.480. The van der Waals surface area contributed by atoms with Crippen LogP contribution in [0.3, 0.4) is 0 Å². The Morgan fingerprint density at radius 3 is 2.82 bits per heavy atom. The zero-order chi connectivity index (χ0) is 19.5. The van der Waals surface area contributed by atoms with E-state index in [2.05, 4.69) is 10.2 Å². The number of nitro groups is 1. The van der Waals surface area contributed by atoms with Crippen LogP contribution in [0.1, 0.15) is 30.2 Å². The minimum absolute atomic E-state index is 0.00320. The smallest absolute Gasteiger partial charge is 0.269 e. The van der Waals surface area contributed by atoms with Gasteiger partial charge in [-0.2, -0.15) is 0 Å². The lowest BCUT2D eigenvalue weighted by Crippen LogP contribution is -2.40. The first-order valence-electron chi connectivity index (χ1n) is 8.98. The van der Waals surface area contributed by atoms with E-state index in [1.807, 2.05) is 22.4 Å². The van der Waals surface area contributed by atoms with Crippen LogP contribution in [0.2, 0.25) is 0 Å². The lowest BCUT2D eigenvalue weighted by atomic mass is 9.97. The Bertz CT molecular complexity index is 968. The van der Waals surface area contributed by atoms with E-state index in [-0.39, 0.29) is 23.9 Å². The van der Waals surface area contributed by atoms with Crippen LogP contribution in [0.15, 0.2) is 46.2 Å². The highest BCUT2D eigenvalue weighted by molar-refractivity contribution is 7.13. The number of hydrogen-bond donors (Lipinski definition) is 0. The summed E-state index contributed by atoms with van der Waals surface area (Å²) in [6.45, 7) is 1.23. The summed E-state index contributed by atoms with van der Waals surface area (Å²) in [7, 11) is 0. The molecule has 4 rings (SSSR count). The molecular formula is C19H18N4O4S. The predicted octanol–water partition coefficient (Wildman–Crippen LogP) is 3.66. The number of carbonyl (C=O) groups is 1. The SMILES string of the molecule is O=C(Cc1ccc([N+](=O)[O-])cc1)N1CCCC(c2nnc(-c3cccs3)o2)C1. The van der Waals surface area contributed by atoms with Crippen LogP contribution < -0.4 is 0 Å². The first kappa shape index (κ1) is 18.3. The maximum absolute atomic E-state index is 12.7. The number of nitrogens with zero attached hydrogens (tertiary/aromatic N) is 4. The fourth-order valence-electron chi connectivity index (χ4n) is 3.33. The molecule has 0 aliphatic carbocycles. The van der Waals surface area contributed by atoms with Gasteiger partial charge in [-0.1, -0.05) is 18.2 Å². The molecular weight excluding hydrogens is 380 g/mol. The molecule has 0 saturated carbocycles. The summed E-state index contributed by atoms with van der Waals surface area (Å²) < 4.78 is 5.84. The Balaban J connectivity index is 1.40. The molecule has 0 N–H and O–H groups in total. The molecule has 2 aromatic heterocycles. The standard InChI is InChI=1S/C19H18N4O4S/c24-17(11-13-5-7-15(8-6-13)23(25)26)22-9-1-3-14(12-22)18-20-21-19(27-18)16-4-2-10-28-16/h2,4-8,10,14H,1,3,9,11-12H2. The normalized spacial score (nSPS) is 16.9. The summed E-state index contributed by atoms with van der Waals surface area (Å²) in [5.41, 5.74) is 0.780. The van der Waals surface area contributed by atoms with Gasteiger partial charge >= 0.3 is 0 Å². The van der Waals surface area contributed by atoms with Gasteiger partial charge < -0.3 is 9.32 Å². The second-order valence-corrected chi connectivity index (χ2v) is 7.65. The van der Waals surface area contributed by atoms with Crippen molar-refractivity contribution in [2.24, 2.45) is 0 Å². The zero-order valence-corrected chi connectivity index (χ0v) is 15.8. The van der Waals surface area contributed by atoms with Gasteiger partial charge in [-0.15, -0.1) is 21.5 Å². The van der Waals surface area contributed by atoms with E-state index in [1.54, 1.807) is 23.5 Å². The molecule has 28 heavy (non-hydrogen) atoms. The van der Waals surface area contributed by atoms with Crippen LogP contribution in [0, 0.1) is 10.1 Å². The Kier molecular flexibility index (Phi) is 5.16. The molecule has 8 nitrogen and oxygen atoms in total. The Morgan fingerprint density at radius 2 is 2.11 bits per heavy atom. The third kappa shape index (κ3) is 3.94. The third-order valence-corrected chi connectivity index (χ3v) is 5.66. The van der Waals surface area contributed by atoms with Gasteiger partial charge in [0.1, 0.15) is 0 Å². The van der Waals surface area contributed by atoms with E-state index in [9.17, 15) is 14.9 Å². The van der Waals surface area contributed by atoms with Crippen molar-refractivity contribution in [3.8, 4) is 10.8 Å². The van der Waals surface area contributed by atoms with E-state index in [4.69, 9.17) is 4.42 Å². The van der Waals surface area contributed by atoms with Crippen molar-refractivity contribution >= 4 is 22.9 Å². The van der Waals surface area contributed by atoms with Gasteiger partial charge in [0.15, 0.2) is 0 Å². The second kappa shape index (κ2) is 7.89. The van der Waals surface area contributed by atoms with Crippen LogP contribution in [0.5, 0.6) is 0 Å². The molecule has 0 spiro atoms. The maximum Gasteiger partial charge on any atom is 0.269 e. The number of aromatic nitrogens is 2. The highest BCUT2D eigenvalue weighted by atomic mass is 32.1. The molecule has 0 radical (unpaired) electrons. The minimum atomic E-state index is -0.449. The number of piperidine rings is 1. The van der Waals surface area contributed by atoms with Gasteiger partial charge in [0, 0.05) is 25.2 Å². The lowest BCUT2D eigenvalue weighted by molar-refractivity contribution is -0.384. The Morgan fingerprint density at radius 1 is 1.29 bits per heavy atom. The number of benzene rings is 1. The second-order valence-electron chi connectivity index (χ2n) is 6.70. The van der Waals surface area contributed by atoms with Crippen LogP contribution in [-0.4, -0.2) is 39.0 Å². The van der Waals surface area contributed by atoms with Gasteiger partial charge in [0.2, 0.25) is 11.8 Å². The molecule has 1 unspecified atom stereocenters. The van der Waals surface area contributed by atoms with Gasteiger partial charge in [0.25, 0.3) is 11.6 Å². The molecule has 1 aliphatic heterocycles. The van der Waals surface area contributed by atoms with E-state index < -0.39 is 4.92 Å². The largest absolute Gasteiger partial charge is 0.420 e. The molecule has 1 amide bonds. The molecule has 9 heteroatoms. The van der Waals surface area contributed by atoms with E-state index in [1.165, 1.54) is 12.1 Å². The van der Waals surface area contributed by atoms with E-state index in [0.29, 0.717) is 24.9 Å². The first-order chi connectivity index (χ1) is 13.6. The number of non-ortho nitro benzene ring substituents is 1. The van der Waals surface area contributed by atoms with Gasteiger partial charge in [-0.3, -0.25) is 14.9 Å². The highest BCUT2D eigenvalue weighted by Gasteiger charge is 2.28. The summed E-state index contributed by atoms with van der Waals surface area (Å²) >= 11 is 1.54. The van der Waals surface area contributed by atoms with Crippen molar-refractivity contribution in [2.45, 2.75) is 25.2 Å². The summed E-state index contributed by atoms with van der Waals surface area (Å²) in [5, 5.41) is 21.0. The fourth-order valence-corrected chi connectivity index (χ4v) is 3.97. The van der Waals surface area contributed by atoms with Crippen LogP contribution >= 0.6 is 11.3 Å². The van der Waals surface area contributed by atoms with Crippen LogP contribution in [0.4, 0.5) is 5.69 Å². The molecule has 1 atom stereocenters. The Labute approximate surface area is 165 Å². The average molecular weight is 398 g/mol. The van der Waals surface area contributed by atoms with Gasteiger partial charge in [-0.25, -0.2) is 0 Å². The molecule has 3 aromatic rings. The topological polar surface area (TPSA) is 102 Å². The molecule has 0 bridgehead atoms. The number of likely N-dealkylation sites (tertiary alicyclic amines) is 1. The van der Waals surface area contributed by atoms with Crippen molar-refractivity contribution in [2.75, 3.05) is 13.1 Å². The number of rotatable bonds is 5. The van der Waals surface area contributed by atoms with E-state index >= 15 is 0 Å². The van der Waals surface area contributed by atoms with E-state index in [0.717, 1.165) is 23.3 Å². The fraction of sp³-hybridized carbons (Fsp3) is 0.316. The van der Waals surface area contributed by atoms with Gasteiger partial charge in [0.05, 0.1) is 22.1 Å². The molecule has 1 saturated heterocycles. The van der Waals surface area contributed by atoms with Crippen molar-refractivity contribution < 1.29 is 14.1 Å². The molecule has 1 fully saturated rings. The average Bonchev–Trinajstić information content (AvgIpc) is 3.40. The number of carbonyl (C=O) groups excluding carboxylic acids is 1. The zero-order valence-electron chi connectivity index (χ0n) is 15.0. The number of thiophene rings is 1. The van der Waals surface area contributed by atoms with Crippen LogP contribution in [0.25, 0.3) is 10.8 Å². The maximum atomic E-state index is 12.7. The van der Waals surface area contributed by atoms with Crippen LogP contribution in [-0.2, 0) is 11.2 Å². The summed E-state index contributed by atoms with van der Waals surface area (Å²) in [5.74, 6) is 1.10. The van der Waals surface area contributed by atoms with Crippen molar-refractivity contribution in [1.82, 2.24) is 15.1 Å². The number of amides is 1. The molecule has 1 aromatic carbocycles. The summed E-state index contributed by atoms with van der Waals surface area (Å²) in [6, 6.07) is 9.97. The molecule has 144 valence electrons. The molecule has 1 aliphatic rings. The Hall–Kier alpha value is -3.07. The predicted molar refractivity (Wildman–Crippen MR) is 103 cm³/mol. The summed E-state index contributed by atoms with van der Waals surface area (Å²) in [4.78, 5) is 25.7. The van der Waals surface area contributed by atoms with Crippen molar-refractivity contribution in [3.05, 3.63) is 63.3 Å². The number of nitro benzene ring substituents is 1. The van der Waals surface area contributed by atoms with Gasteiger partial charge in [-0.05, 0) is 29.9 Å². The summed E-state index contributed by atoms with van der Waals surface area (Å²) in [6.07, 6.45) is 1.98. The molecule has 3 heterocycles. The highest BCUT2D eigenvalue weighted by Crippen LogP contribution is 2.30. The van der Waals surface area contributed by atoms with Crippen molar-refractivity contribution in [1.29, 1.82) is 0 Å². The minimum Gasteiger partial charge on any atom is -0.420 e. The number of hydrogen-bond acceptors (Lipinski definition) is 7. The first-order valence-corrected chi connectivity index (χ1v) is 9.86. The monoisotopic (exact) mass is 398 g/mol. The third-order valence-electron chi connectivity index (χ3n) is 4.80.